The molecule has 2 aromatic rings. The Morgan fingerprint density at radius 2 is 1.94 bits per heavy atom. The summed E-state index contributed by atoms with van der Waals surface area (Å²) in [6, 6.07) is 3.08. The van der Waals surface area contributed by atoms with E-state index >= 15 is 0 Å². The standard InChI is InChI=1S/C22H34ClN7O4/c1-8-29(14-15(2)33-6)21-16(23)13-24-22(26-21)25-17-11-19(30(31)32)18(12-20(17)34-7)28(5)10-9-27(3)4/h11-13,15H,8-10,14H2,1-7H3,(H,24,25,26)/t15-/m0/s1. The van der Waals surface area contributed by atoms with Crippen LogP contribution in [0, 0.1) is 10.1 Å². The van der Waals surface area contributed by atoms with Crippen molar-refractivity contribution in [3.8, 4) is 5.75 Å². The summed E-state index contributed by atoms with van der Waals surface area (Å²) in [5.74, 6) is 1.21. The molecule has 1 aromatic heterocycles. The van der Waals surface area contributed by atoms with Gasteiger partial charge in [0.15, 0.2) is 5.82 Å². The van der Waals surface area contributed by atoms with Crippen molar-refractivity contribution in [3.63, 3.8) is 0 Å². The minimum absolute atomic E-state index is 0.0258. The largest absolute Gasteiger partial charge is 0.494 e. The quantitative estimate of drug-likeness (QED) is 0.326. The van der Waals surface area contributed by atoms with Crippen LogP contribution in [0.25, 0.3) is 0 Å². The van der Waals surface area contributed by atoms with E-state index in [4.69, 9.17) is 21.1 Å². The number of anilines is 4. The number of hydrogen-bond acceptors (Lipinski definition) is 10. The second-order valence-corrected chi connectivity index (χ2v) is 8.51. The number of rotatable bonds is 13. The summed E-state index contributed by atoms with van der Waals surface area (Å²) in [5.41, 5.74) is 0.779. The Hall–Kier alpha value is -2.89. The van der Waals surface area contributed by atoms with Crippen LogP contribution in [0.15, 0.2) is 18.3 Å². The molecule has 11 nitrogen and oxygen atoms in total. The third kappa shape index (κ3) is 7.05. The minimum atomic E-state index is -0.411. The van der Waals surface area contributed by atoms with E-state index in [-0.39, 0.29) is 17.7 Å². The highest BCUT2D eigenvalue weighted by Gasteiger charge is 2.23. The molecular formula is C22H34ClN7O4. The molecule has 0 saturated carbocycles. The summed E-state index contributed by atoms with van der Waals surface area (Å²) in [5, 5.41) is 15.3. The van der Waals surface area contributed by atoms with Crippen LogP contribution >= 0.6 is 11.6 Å². The van der Waals surface area contributed by atoms with E-state index in [2.05, 4.69) is 15.3 Å². The van der Waals surface area contributed by atoms with E-state index in [1.54, 1.807) is 13.2 Å². The molecular weight excluding hydrogens is 462 g/mol. The molecule has 0 radical (unpaired) electrons. The van der Waals surface area contributed by atoms with E-state index in [0.29, 0.717) is 47.6 Å². The third-order valence-corrected chi connectivity index (χ3v) is 5.59. The molecule has 0 aliphatic rings. The van der Waals surface area contributed by atoms with E-state index in [1.165, 1.54) is 19.4 Å². The van der Waals surface area contributed by atoms with Gasteiger partial charge < -0.3 is 29.5 Å². The molecule has 1 heterocycles. The molecule has 34 heavy (non-hydrogen) atoms. The van der Waals surface area contributed by atoms with Crippen LogP contribution in [0.4, 0.5) is 28.8 Å². The number of nitrogens with one attached hydrogen (secondary N) is 1. The number of ether oxygens (including phenoxy) is 2. The van der Waals surface area contributed by atoms with Crippen molar-refractivity contribution < 1.29 is 14.4 Å². The molecule has 1 aromatic carbocycles. The molecule has 0 fully saturated rings. The number of halogens is 1. The second kappa shape index (κ2) is 12.5. The van der Waals surface area contributed by atoms with Crippen LogP contribution in [0.3, 0.4) is 0 Å². The first kappa shape index (κ1) is 27.4. The lowest BCUT2D eigenvalue weighted by Gasteiger charge is -2.26. The summed E-state index contributed by atoms with van der Waals surface area (Å²) < 4.78 is 10.9. The Labute approximate surface area is 205 Å². The summed E-state index contributed by atoms with van der Waals surface area (Å²) in [6.07, 6.45) is 1.47. The molecule has 0 unspecified atom stereocenters. The van der Waals surface area contributed by atoms with Crippen LogP contribution < -0.4 is 19.9 Å². The highest BCUT2D eigenvalue weighted by Crippen LogP contribution is 2.39. The summed E-state index contributed by atoms with van der Waals surface area (Å²) in [6.45, 7) is 6.55. The molecule has 0 aliphatic carbocycles. The minimum Gasteiger partial charge on any atom is -0.494 e. The lowest BCUT2D eigenvalue weighted by atomic mass is 10.2. The maximum Gasteiger partial charge on any atom is 0.294 e. The Morgan fingerprint density at radius 1 is 1.24 bits per heavy atom. The number of nitro benzene ring substituents is 1. The first-order valence-electron chi connectivity index (χ1n) is 10.9. The normalized spacial score (nSPS) is 11.9. The van der Waals surface area contributed by atoms with Crippen LogP contribution in [0.1, 0.15) is 13.8 Å². The average Bonchev–Trinajstić information content (AvgIpc) is 2.81. The van der Waals surface area contributed by atoms with E-state index in [9.17, 15) is 10.1 Å². The highest BCUT2D eigenvalue weighted by atomic mass is 35.5. The molecule has 0 spiro atoms. The van der Waals surface area contributed by atoms with E-state index in [0.717, 1.165) is 6.54 Å². The fourth-order valence-corrected chi connectivity index (χ4v) is 3.47. The molecule has 1 atom stereocenters. The molecule has 12 heteroatoms. The molecule has 0 amide bonds. The van der Waals surface area contributed by atoms with Gasteiger partial charge in [0.2, 0.25) is 5.95 Å². The average molecular weight is 496 g/mol. The molecule has 2 rings (SSSR count). The van der Waals surface area contributed by atoms with Gasteiger partial charge in [0.1, 0.15) is 16.5 Å². The number of hydrogen-bond donors (Lipinski definition) is 1. The topological polar surface area (TPSA) is 109 Å². The Balaban J connectivity index is 2.42. The maximum atomic E-state index is 11.9. The summed E-state index contributed by atoms with van der Waals surface area (Å²) in [7, 11) is 8.87. The van der Waals surface area contributed by atoms with Gasteiger partial charge in [-0.05, 0) is 27.9 Å². The van der Waals surface area contributed by atoms with Gasteiger partial charge in [-0.2, -0.15) is 4.98 Å². The SMILES string of the molecule is CCN(C[C@H](C)OC)c1nc(Nc2cc([N+](=O)[O-])c(N(C)CCN(C)C)cc2OC)ncc1Cl. The highest BCUT2D eigenvalue weighted by molar-refractivity contribution is 6.32. The third-order valence-electron chi connectivity index (χ3n) is 5.32. The first-order chi connectivity index (χ1) is 16.1. The fraction of sp³-hybridized carbons (Fsp3) is 0.545. The number of nitrogens with zero attached hydrogens (tertiary/aromatic N) is 6. The van der Waals surface area contributed by atoms with Gasteiger partial charge >= 0.3 is 0 Å². The van der Waals surface area contributed by atoms with Crippen LogP contribution in [-0.2, 0) is 4.74 Å². The Morgan fingerprint density at radius 3 is 2.50 bits per heavy atom. The van der Waals surface area contributed by atoms with Gasteiger partial charge in [-0.15, -0.1) is 0 Å². The van der Waals surface area contributed by atoms with Gasteiger partial charge in [0, 0.05) is 52.5 Å². The molecule has 0 aliphatic heterocycles. The molecule has 1 N–H and O–H groups in total. The van der Waals surface area contributed by atoms with Crippen molar-refractivity contribution in [2.24, 2.45) is 0 Å². The lowest BCUT2D eigenvalue weighted by Crippen LogP contribution is -2.32. The fourth-order valence-electron chi connectivity index (χ4n) is 3.26. The van der Waals surface area contributed by atoms with Gasteiger partial charge in [-0.25, -0.2) is 4.98 Å². The van der Waals surface area contributed by atoms with Crippen LogP contribution in [0.5, 0.6) is 5.75 Å². The zero-order valence-corrected chi connectivity index (χ0v) is 21.6. The number of likely N-dealkylation sites (N-methyl/N-ethyl adjacent to an activating group) is 3. The summed E-state index contributed by atoms with van der Waals surface area (Å²) in [4.78, 5) is 26.1. The molecule has 188 valence electrons. The molecule has 0 bridgehead atoms. The zero-order chi connectivity index (χ0) is 25.4. The maximum absolute atomic E-state index is 11.9. The number of nitro groups is 1. The van der Waals surface area contributed by atoms with Crippen molar-refractivity contribution in [1.29, 1.82) is 0 Å². The van der Waals surface area contributed by atoms with Crippen molar-refractivity contribution in [1.82, 2.24) is 14.9 Å². The van der Waals surface area contributed by atoms with Crippen LogP contribution in [-0.4, -0.2) is 87.4 Å². The summed E-state index contributed by atoms with van der Waals surface area (Å²) >= 11 is 6.37. The van der Waals surface area contributed by atoms with Crippen molar-refractivity contribution in [2.45, 2.75) is 20.0 Å². The van der Waals surface area contributed by atoms with Crippen molar-refractivity contribution >= 4 is 40.4 Å². The smallest absolute Gasteiger partial charge is 0.294 e. The Kier molecular flexibility index (Phi) is 10.1. The monoisotopic (exact) mass is 495 g/mol. The van der Waals surface area contributed by atoms with E-state index in [1.807, 2.05) is 49.7 Å². The van der Waals surface area contributed by atoms with Crippen molar-refractivity contribution in [2.75, 3.05) is 76.7 Å². The van der Waals surface area contributed by atoms with Gasteiger partial charge in [-0.3, -0.25) is 10.1 Å². The molecule has 0 saturated heterocycles. The Bertz CT molecular complexity index is 977. The van der Waals surface area contributed by atoms with Crippen molar-refractivity contribution in [3.05, 3.63) is 33.5 Å². The van der Waals surface area contributed by atoms with E-state index < -0.39 is 4.92 Å². The first-order valence-corrected chi connectivity index (χ1v) is 11.3. The number of aromatic nitrogens is 2. The van der Waals surface area contributed by atoms with Gasteiger partial charge in [0.25, 0.3) is 5.69 Å². The van der Waals surface area contributed by atoms with Gasteiger partial charge in [0.05, 0.1) is 30.0 Å². The predicted molar refractivity (Wildman–Crippen MR) is 136 cm³/mol. The predicted octanol–water partition coefficient (Wildman–Crippen LogP) is 3.65. The van der Waals surface area contributed by atoms with Crippen LogP contribution in [0.2, 0.25) is 5.02 Å². The second-order valence-electron chi connectivity index (χ2n) is 8.10. The van der Waals surface area contributed by atoms with Gasteiger partial charge in [-0.1, -0.05) is 11.6 Å². The number of methoxy groups -OCH3 is 2. The lowest BCUT2D eigenvalue weighted by molar-refractivity contribution is -0.384. The zero-order valence-electron chi connectivity index (χ0n) is 20.8. The number of benzene rings is 1.